The number of amides is 3. The summed E-state index contributed by atoms with van der Waals surface area (Å²) in [4.78, 5) is 68.5. The van der Waals surface area contributed by atoms with Gasteiger partial charge in [-0.25, -0.2) is 30.6 Å². The number of Topliss-reactive ketones (excluding diaryl/α,β-unsaturated/α-hetero) is 1. The lowest BCUT2D eigenvalue weighted by Crippen LogP contribution is -2.41. The van der Waals surface area contributed by atoms with Crippen molar-refractivity contribution in [2.75, 3.05) is 16.8 Å². The zero-order chi connectivity index (χ0) is 58.9. The molecule has 0 radical (unpaired) electrons. The first-order valence-corrected chi connectivity index (χ1v) is 27.0. The Kier molecular flexibility index (Phi) is 15.8. The van der Waals surface area contributed by atoms with Crippen LogP contribution in [0.2, 0.25) is 5.02 Å². The van der Waals surface area contributed by atoms with Gasteiger partial charge in [0.1, 0.15) is 40.9 Å². The number of anilines is 1. The van der Waals surface area contributed by atoms with Gasteiger partial charge in [-0.15, -0.1) is 0 Å². The number of halogens is 11. The summed E-state index contributed by atoms with van der Waals surface area (Å²) < 4.78 is 198. The minimum atomic E-state index is -5.26. The molecule has 5 aromatic rings. The summed E-state index contributed by atoms with van der Waals surface area (Å²) >= 11 is 6.62. The normalized spacial score (nSPS) is 16.9. The maximum absolute atomic E-state index is 15.6. The first-order valence-electron chi connectivity index (χ1n) is 22.8. The van der Waals surface area contributed by atoms with E-state index in [1.165, 1.54) is 13.8 Å². The number of sulfonamides is 1. The fraction of sp³-hybridized carbons (Fsp3) is 0.375. The molecular formula is C48H41ClF10N8O10S2. The highest BCUT2D eigenvalue weighted by atomic mass is 35.5. The van der Waals surface area contributed by atoms with E-state index >= 15 is 8.78 Å². The zero-order valence-corrected chi connectivity index (χ0v) is 43.7. The average molecular weight is 1180 g/mol. The molecule has 0 saturated heterocycles. The zero-order valence-electron chi connectivity index (χ0n) is 41.3. The number of nitrogens with zero attached hydrogens (tertiary/aromatic N) is 6. The van der Waals surface area contributed by atoms with Gasteiger partial charge in [0.15, 0.2) is 27.1 Å². The van der Waals surface area contributed by atoms with Crippen LogP contribution in [0.5, 0.6) is 0 Å². The monoisotopic (exact) mass is 1180 g/mol. The molecule has 3 N–H and O–H groups in total. The van der Waals surface area contributed by atoms with Crippen molar-refractivity contribution in [2.45, 2.75) is 94.1 Å². The van der Waals surface area contributed by atoms with Crippen LogP contribution < -0.4 is 14.9 Å². The molecule has 1 fully saturated rings. The molecule has 3 aromatic heterocycles. The molecule has 0 spiro atoms. The first-order chi connectivity index (χ1) is 36.3. The molecule has 4 atom stereocenters. The lowest BCUT2D eigenvalue weighted by molar-refractivity contribution is -0.143. The molecular weight excluding hydrogens is 1140 g/mol. The fourth-order valence-corrected chi connectivity index (χ4v) is 10.0. The Labute approximate surface area is 446 Å². The molecule has 2 aliphatic rings. The molecule has 2 aliphatic carbocycles. The fourth-order valence-electron chi connectivity index (χ4n) is 8.73. The minimum absolute atomic E-state index is 0.153. The maximum Gasteiger partial charge on any atom is 0.435 e. The largest absolute Gasteiger partial charge is 0.481 e. The Morgan fingerprint density at radius 1 is 0.924 bits per heavy atom. The highest BCUT2D eigenvalue weighted by Gasteiger charge is 2.68. The summed E-state index contributed by atoms with van der Waals surface area (Å²) in [6, 6.07) is 2.66. The Bertz CT molecular complexity index is 3700. The van der Waals surface area contributed by atoms with Gasteiger partial charge in [-0.05, 0) is 81.3 Å². The number of ketones is 1. The van der Waals surface area contributed by atoms with Gasteiger partial charge in [-0.1, -0.05) is 23.6 Å². The smallest absolute Gasteiger partial charge is 0.435 e. The Balaban J connectivity index is 1.46. The topological polar surface area (TPSA) is 250 Å². The van der Waals surface area contributed by atoms with Crippen molar-refractivity contribution in [1.82, 2.24) is 35.2 Å². The van der Waals surface area contributed by atoms with Crippen molar-refractivity contribution >= 4 is 77.7 Å². The third-order valence-electron chi connectivity index (χ3n) is 12.6. The van der Waals surface area contributed by atoms with Gasteiger partial charge >= 0.3 is 18.3 Å². The van der Waals surface area contributed by atoms with Crippen molar-refractivity contribution in [3.05, 3.63) is 105 Å². The summed E-state index contributed by atoms with van der Waals surface area (Å²) in [5.74, 6) is -11.9. The number of fused-ring (bicyclic) bond motifs is 4. The Hall–Kier alpha value is -7.39. The predicted octanol–water partition coefficient (Wildman–Crippen LogP) is 6.69. The van der Waals surface area contributed by atoms with E-state index in [1.807, 2.05) is 5.32 Å². The van der Waals surface area contributed by atoms with Crippen molar-refractivity contribution < 1.29 is 89.8 Å². The highest BCUT2D eigenvalue weighted by molar-refractivity contribution is 7.93. The number of pyridine rings is 1. The van der Waals surface area contributed by atoms with Crippen LogP contribution in [0.1, 0.15) is 79.5 Å². The van der Waals surface area contributed by atoms with Gasteiger partial charge in [0.05, 0.1) is 46.4 Å². The van der Waals surface area contributed by atoms with Crippen molar-refractivity contribution in [2.24, 2.45) is 5.92 Å². The number of rotatable bonds is 17. The molecule has 3 heterocycles. The molecule has 18 nitrogen and oxygen atoms in total. The standard InChI is InChI=1S/C48H41ClF10N8O10S2/c1-22(68)32(19-37(72)73)61-34(69)10-11-36(71)67(79(5,76)77)44-39-31(49)9-8-28(41(39)66(64-44)21-46(52,53)54)27-7-6-26(12-13-45(2,3)78(4,74)75)60-40(27)33(16-23-14-24(50)17-25(51)15-23)62-35(70)20-65-43-38(42(63-65)48(57,58)59)29-18-30(29)47(43,55)56/h6-11,14-15,17,29-30,32-33H,16,18-21H2,1-5H3,(H,61,69)(H,62,70)(H,72,73)/b11-10+/t29-,30+,32-,33-/m0/s1. The summed E-state index contributed by atoms with van der Waals surface area (Å²) in [6.45, 7) is -0.106. The van der Waals surface area contributed by atoms with Gasteiger partial charge < -0.3 is 15.7 Å². The number of nitrogens with one attached hydrogen (secondary N) is 2. The molecule has 0 aliphatic heterocycles. The summed E-state index contributed by atoms with van der Waals surface area (Å²) in [5.41, 5.74) is -6.51. The second-order valence-electron chi connectivity index (χ2n) is 19.0. The van der Waals surface area contributed by atoms with Crippen LogP contribution in [0.15, 0.2) is 54.6 Å². The van der Waals surface area contributed by atoms with Crippen molar-refractivity contribution in [3.8, 4) is 23.0 Å². The Morgan fingerprint density at radius 2 is 1.56 bits per heavy atom. The number of aliphatic carboxylic acids is 1. The van der Waals surface area contributed by atoms with Crippen LogP contribution in [0.3, 0.4) is 0 Å². The third kappa shape index (κ3) is 12.7. The van der Waals surface area contributed by atoms with Crippen molar-refractivity contribution in [1.29, 1.82) is 0 Å². The van der Waals surface area contributed by atoms with Gasteiger partial charge in [-0.2, -0.15) is 49.6 Å². The van der Waals surface area contributed by atoms with Gasteiger partial charge in [0.2, 0.25) is 21.8 Å². The molecule has 31 heteroatoms. The van der Waals surface area contributed by atoms with E-state index in [9.17, 15) is 75.9 Å². The molecule has 2 aromatic carbocycles. The van der Waals surface area contributed by atoms with Crippen LogP contribution >= 0.6 is 11.6 Å². The van der Waals surface area contributed by atoms with E-state index < -0.39 is 189 Å². The number of carboxylic acids is 1. The quantitative estimate of drug-likeness (QED) is 0.0500. The number of hydrogen-bond acceptors (Lipinski definition) is 12. The highest BCUT2D eigenvalue weighted by Crippen LogP contribution is 2.68. The number of sulfone groups is 1. The number of hydrogen-bond donors (Lipinski definition) is 3. The minimum Gasteiger partial charge on any atom is -0.481 e. The second kappa shape index (κ2) is 21.0. The number of aromatic nitrogens is 5. The molecule has 79 heavy (non-hydrogen) atoms. The average Bonchev–Trinajstić information content (AvgIpc) is 4.01. The summed E-state index contributed by atoms with van der Waals surface area (Å²) in [6.07, 6.45) is -10.6. The van der Waals surface area contributed by atoms with E-state index in [1.54, 1.807) is 0 Å². The SMILES string of the molecule is CC(=O)[C@H](CC(=O)O)NC(=O)/C=C/C(=O)N(c1nn(CC(F)(F)F)c2c(-c3ccc(C#CC(C)(C)S(C)(=O)=O)nc3[C@H](Cc3cc(F)cc(F)c3)NC(=O)Cn3nc(C(F)(F)F)c4c3C(F)(F)[C@@H]3C[C@H]43)ccc(Cl)c12)S(C)(=O)=O. The van der Waals surface area contributed by atoms with Gasteiger partial charge in [0.25, 0.3) is 11.8 Å². The van der Waals surface area contributed by atoms with Crippen molar-refractivity contribution in [3.63, 3.8) is 0 Å². The number of alkyl halides is 8. The van der Waals surface area contributed by atoms with E-state index in [2.05, 4.69) is 32.3 Å². The van der Waals surface area contributed by atoms with Crippen LogP contribution in [0, 0.1) is 29.4 Å². The Morgan fingerprint density at radius 3 is 2.13 bits per heavy atom. The number of carbonyl (C=O) groups excluding carboxylic acids is 4. The van der Waals surface area contributed by atoms with E-state index in [0.29, 0.717) is 24.5 Å². The third-order valence-corrected chi connectivity index (χ3v) is 15.9. The van der Waals surface area contributed by atoms with E-state index in [0.717, 1.165) is 49.6 Å². The molecule has 0 unspecified atom stereocenters. The molecule has 0 bridgehead atoms. The van der Waals surface area contributed by atoms with Gasteiger partial charge in [0, 0.05) is 47.1 Å². The van der Waals surface area contributed by atoms with Crippen LogP contribution in [-0.4, -0.2) is 105 Å². The maximum atomic E-state index is 15.6. The van der Waals surface area contributed by atoms with Crippen LogP contribution in [-0.2, 0) is 75.4 Å². The molecule has 3 amide bonds. The molecule has 1 saturated carbocycles. The summed E-state index contributed by atoms with van der Waals surface area (Å²) in [7, 11) is -8.99. The number of benzene rings is 2. The molecule has 422 valence electrons. The number of carboxylic acid groups (broad SMARTS) is 1. The lowest BCUT2D eigenvalue weighted by atomic mass is 9.93. The van der Waals surface area contributed by atoms with Gasteiger partial charge in [-0.3, -0.25) is 33.3 Å². The van der Waals surface area contributed by atoms with E-state index in [4.69, 9.17) is 16.7 Å². The second-order valence-corrected chi connectivity index (χ2v) is 23.8. The van der Waals surface area contributed by atoms with Crippen LogP contribution in [0.4, 0.5) is 49.7 Å². The van der Waals surface area contributed by atoms with Crippen LogP contribution in [0.25, 0.3) is 22.0 Å². The first kappa shape index (κ1) is 59.3. The predicted molar refractivity (Wildman–Crippen MR) is 259 cm³/mol. The summed E-state index contributed by atoms with van der Waals surface area (Å²) in [5, 5.41) is 19.4. The molecule has 7 rings (SSSR count). The van der Waals surface area contributed by atoms with E-state index in [-0.39, 0.29) is 31.3 Å². The lowest BCUT2D eigenvalue weighted by Gasteiger charge is -2.23. The number of carbonyl (C=O) groups is 5.